The van der Waals surface area contributed by atoms with Gasteiger partial charge in [0.1, 0.15) is 5.02 Å². The Balaban J connectivity index is 2.17. The number of benzene rings is 3. The molecule has 4 rings (SSSR count). The molecule has 0 radical (unpaired) electrons. The Morgan fingerprint density at radius 3 is 2.46 bits per heavy atom. The number of nitrogens with zero attached hydrogens (tertiary/aromatic N) is 1. The van der Waals surface area contributed by atoms with Crippen LogP contribution in [0, 0.1) is 0 Å². The van der Waals surface area contributed by atoms with Gasteiger partial charge >= 0.3 is 6.18 Å². The number of alkyl halides is 3. The molecule has 1 heterocycles. The molecule has 0 saturated carbocycles. The van der Waals surface area contributed by atoms with Crippen LogP contribution in [0.4, 0.5) is 13.2 Å². The molecule has 0 aromatic heterocycles. The molecule has 2 aromatic carbocycles. The number of hydrogen-bond donors (Lipinski definition) is 0. The Morgan fingerprint density at radius 1 is 1.04 bits per heavy atom. The molecule has 1 aliphatic heterocycles. The van der Waals surface area contributed by atoms with E-state index in [1.54, 1.807) is 24.3 Å². The monoisotopic (exact) mass is 365 g/mol. The van der Waals surface area contributed by atoms with Crippen molar-refractivity contribution in [2.75, 3.05) is 0 Å². The SMILES string of the molecule is O=c1c(Cl)c2sc3ccc(C(F)(F)F)cc3nc-2c2ccccc12. The summed E-state index contributed by atoms with van der Waals surface area (Å²) in [5, 5.41) is 1.03. The largest absolute Gasteiger partial charge is 0.416 e. The van der Waals surface area contributed by atoms with Gasteiger partial charge in [-0.15, -0.1) is 11.3 Å². The lowest BCUT2D eigenvalue weighted by Gasteiger charge is -2.12. The van der Waals surface area contributed by atoms with Crippen LogP contribution in [-0.4, -0.2) is 4.98 Å². The fourth-order valence-corrected chi connectivity index (χ4v) is 3.94. The standard InChI is InChI=1S/C17H7ClF3NOS/c18-13-15(23)10-4-2-1-3-9(10)14-16(13)24-12-6-5-8(17(19,20)21)7-11(12)22-14/h1-7H. The summed E-state index contributed by atoms with van der Waals surface area (Å²) in [6, 6.07) is 10.2. The number of hydrogen-bond acceptors (Lipinski definition) is 3. The van der Waals surface area contributed by atoms with E-state index in [1.807, 2.05) is 0 Å². The van der Waals surface area contributed by atoms with Crippen molar-refractivity contribution in [3.63, 3.8) is 0 Å². The minimum Gasteiger partial charge on any atom is -0.288 e. The van der Waals surface area contributed by atoms with Gasteiger partial charge in [0.2, 0.25) is 5.43 Å². The molecule has 120 valence electrons. The van der Waals surface area contributed by atoms with Crippen LogP contribution in [0.25, 0.3) is 31.6 Å². The average molecular weight is 366 g/mol. The molecule has 0 saturated heterocycles. The summed E-state index contributed by atoms with van der Waals surface area (Å²) in [4.78, 5) is 17.2. The third-order valence-electron chi connectivity index (χ3n) is 3.77. The van der Waals surface area contributed by atoms with Crippen LogP contribution in [0.5, 0.6) is 0 Å². The van der Waals surface area contributed by atoms with Crippen molar-refractivity contribution >= 4 is 43.9 Å². The summed E-state index contributed by atoms with van der Waals surface area (Å²) >= 11 is 7.35. The molecule has 24 heavy (non-hydrogen) atoms. The number of fused-ring (bicyclic) bond motifs is 4. The first-order valence-corrected chi connectivity index (χ1v) is 8.08. The fraction of sp³-hybridized carbons (Fsp3) is 0.0588. The lowest BCUT2D eigenvalue weighted by Crippen LogP contribution is -2.07. The molecular formula is C17H7ClF3NOS. The molecule has 7 heteroatoms. The average Bonchev–Trinajstić information content (AvgIpc) is 2.57. The Morgan fingerprint density at radius 2 is 1.75 bits per heavy atom. The highest BCUT2D eigenvalue weighted by Crippen LogP contribution is 2.40. The first-order valence-electron chi connectivity index (χ1n) is 6.88. The van der Waals surface area contributed by atoms with E-state index >= 15 is 0 Å². The third kappa shape index (κ3) is 2.25. The Kier molecular flexibility index (Phi) is 3.30. The molecule has 1 aliphatic carbocycles. The predicted molar refractivity (Wildman–Crippen MR) is 90.0 cm³/mol. The Labute approximate surface area is 142 Å². The summed E-state index contributed by atoms with van der Waals surface area (Å²) in [5.74, 6) is 0. The molecule has 0 atom stereocenters. The molecule has 0 bridgehead atoms. The van der Waals surface area contributed by atoms with Crippen LogP contribution in [0.3, 0.4) is 0 Å². The van der Waals surface area contributed by atoms with Crippen LogP contribution in [0.15, 0.2) is 47.3 Å². The Hall–Kier alpha value is -2.18. The highest BCUT2D eigenvalue weighted by molar-refractivity contribution is 7.22. The highest BCUT2D eigenvalue weighted by atomic mass is 35.5. The smallest absolute Gasteiger partial charge is 0.288 e. The van der Waals surface area contributed by atoms with E-state index < -0.39 is 11.7 Å². The number of rotatable bonds is 0. The first-order chi connectivity index (χ1) is 11.4. The molecule has 2 aromatic rings. The summed E-state index contributed by atoms with van der Waals surface area (Å²) in [6.07, 6.45) is -4.44. The zero-order chi connectivity index (χ0) is 17.1. The topological polar surface area (TPSA) is 30.0 Å². The molecule has 2 aliphatic rings. The molecule has 0 fully saturated rings. The van der Waals surface area contributed by atoms with Gasteiger partial charge in [-0.05, 0) is 18.2 Å². The van der Waals surface area contributed by atoms with Crippen molar-refractivity contribution in [2.24, 2.45) is 0 Å². The normalized spacial score (nSPS) is 12.3. The van der Waals surface area contributed by atoms with Crippen LogP contribution >= 0.6 is 22.9 Å². The van der Waals surface area contributed by atoms with Crippen molar-refractivity contribution in [2.45, 2.75) is 6.18 Å². The second-order valence-corrected chi connectivity index (χ2v) is 6.69. The molecule has 0 unspecified atom stereocenters. The zero-order valence-electron chi connectivity index (χ0n) is 11.8. The molecular weight excluding hydrogens is 359 g/mol. The second-order valence-electron chi connectivity index (χ2n) is 5.26. The van der Waals surface area contributed by atoms with Gasteiger partial charge in [0, 0.05) is 10.8 Å². The minimum atomic E-state index is -4.44. The molecule has 0 spiro atoms. The van der Waals surface area contributed by atoms with Crippen LogP contribution in [-0.2, 0) is 6.18 Å². The predicted octanol–water partition coefficient (Wildman–Crippen LogP) is 5.59. The molecule has 2 nitrogen and oxygen atoms in total. The summed E-state index contributed by atoms with van der Waals surface area (Å²) < 4.78 is 39.3. The van der Waals surface area contributed by atoms with Crippen LogP contribution in [0.2, 0.25) is 5.02 Å². The zero-order valence-corrected chi connectivity index (χ0v) is 13.4. The van der Waals surface area contributed by atoms with Crippen molar-refractivity contribution in [3.05, 3.63) is 63.3 Å². The van der Waals surface area contributed by atoms with E-state index in [9.17, 15) is 18.0 Å². The van der Waals surface area contributed by atoms with Gasteiger partial charge in [-0.25, -0.2) is 4.98 Å². The van der Waals surface area contributed by atoms with Crippen molar-refractivity contribution in [1.82, 2.24) is 4.98 Å². The fourth-order valence-electron chi connectivity index (χ4n) is 2.64. The second kappa shape index (κ2) is 5.16. The van der Waals surface area contributed by atoms with Crippen molar-refractivity contribution in [1.29, 1.82) is 0 Å². The van der Waals surface area contributed by atoms with Crippen LogP contribution < -0.4 is 5.43 Å². The van der Waals surface area contributed by atoms with Gasteiger partial charge in [0.05, 0.1) is 26.4 Å². The lowest BCUT2D eigenvalue weighted by atomic mass is 10.1. The summed E-state index contributed by atoms with van der Waals surface area (Å²) in [7, 11) is 0. The van der Waals surface area contributed by atoms with Gasteiger partial charge in [-0.2, -0.15) is 13.2 Å². The summed E-state index contributed by atoms with van der Waals surface area (Å²) in [6.45, 7) is 0. The van der Waals surface area contributed by atoms with Gasteiger partial charge in [-0.1, -0.05) is 35.9 Å². The van der Waals surface area contributed by atoms with Gasteiger partial charge in [0.15, 0.2) is 0 Å². The first kappa shape index (κ1) is 15.4. The van der Waals surface area contributed by atoms with Gasteiger partial charge < -0.3 is 0 Å². The van der Waals surface area contributed by atoms with E-state index in [1.165, 1.54) is 6.07 Å². The van der Waals surface area contributed by atoms with E-state index in [-0.39, 0.29) is 16.0 Å². The summed E-state index contributed by atoms with van der Waals surface area (Å²) in [5.41, 5.74) is -0.400. The van der Waals surface area contributed by atoms with E-state index in [2.05, 4.69) is 4.98 Å². The molecule has 0 N–H and O–H groups in total. The quantitative estimate of drug-likeness (QED) is 0.300. The van der Waals surface area contributed by atoms with E-state index in [0.29, 0.717) is 26.0 Å². The number of halogens is 4. The molecule has 0 amide bonds. The maximum atomic E-state index is 12.9. The maximum Gasteiger partial charge on any atom is 0.416 e. The van der Waals surface area contributed by atoms with Crippen molar-refractivity contribution < 1.29 is 13.2 Å². The lowest BCUT2D eigenvalue weighted by molar-refractivity contribution is -0.137. The van der Waals surface area contributed by atoms with Crippen molar-refractivity contribution in [3.8, 4) is 10.6 Å². The van der Waals surface area contributed by atoms with Crippen LogP contribution in [0.1, 0.15) is 5.56 Å². The third-order valence-corrected chi connectivity index (χ3v) is 5.41. The maximum absolute atomic E-state index is 12.9. The van der Waals surface area contributed by atoms with Gasteiger partial charge in [-0.3, -0.25) is 4.79 Å². The Bertz CT molecular complexity index is 1140. The highest BCUT2D eigenvalue weighted by Gasteiger charge is 2.31. The van der Waals surface area contributed by atoms with E-state index in [4.69, 9.17) is 11.6 Å². The van der Waals surface area contributed by atoms with E-state index in [0.717, 1.165) is 23.5 Å². The number of aromatic nitrogens is 1. The minimum absolute atomic E-state index is 0.0444. The van der Waals surface area contributed by atoms with Gasteiger partial charge in [0.25, 0.3) is 0 Å².